The zero-order chi connectivity index (χ0) is 15.4. The zero-order valence-electron chi connectivity index (χ0n) is 14.3. The molecule has 2 nitrogen and oxygen atoms in total. The molecule has 2 aromatic rings. The highest BCUT2D eigenvalue weighted by Gasteiger charge is 2.21. The molecule has 1 aromatic carbocycles. The molecule has 120 valence electrons. The summed E-state index contributed by atoms with van der Waals surface area (Å²) in [6.07, 6.45) is 9.57. The number of unbranched alkanes of at least 4 members (excludes halogenated alkanes) is 5. The highest BCUT2D eigenvalue weighted by Crippen LogP contribution is 2.29. The van der Waals surface area contributed by atoms with Gasteiger partial charge in [0.15, 0.2) is 0 Å². The Hall–Kier alpha value is -1.28. The third-order valence-electron chi connectivity index (χ3n) is 5.22. The molecule has 0 aliphatic carbocycles. The fourth-order valence-electron chi connectivity index (χ4n) is 3.87. The Morgan fingerprint density at radius 2 is 1.77 bits per heavy atom. The van der Waals surface area contributed by atoms with Crippen LogP contribution in [0.3, 0.4) is 0 Å². The van der Waals surface area contributed by atoms with Crippen LogP contribution in [0.4, 0.5) is 0 Å². The lowest BCUT2D eigenvalue weighted by molar-refractivity contribution is 0.242. The topological polar surface area (TPSA) is 8.17 Å². The molecular formula is C20H30N2. The molecule has 0 amide bonds. The fourth-order valence-corrected chi connectivity index (χ4v) is 3.87. The van der Waals surface area contributed by atoms with Gasteiger partial charge in [-0.1, -0.05) is 57.2 Å². The summed E-state index contributed by atoms with van der Waals surface area (Å²) >= 11 is 0. The van der Waals surface area contributed by atoms with E-state index in [1.165, 1.54) is 68.9 Å². The quantitative estimate of drug-likeness (QED) is 0.660. The Balaban J connectivity index is 1.57. The first kappa shape index (κ1) is 15.6. The number of para-hydroxylation sites is 1. The van der Waals surface area contributed by atoms with Gasteiger partial charge in [0.05, 0.1) is 0 Å². The highest BCUT2D eigenvalue weighted by atomic mass is 15.2. The van der Waals surface area contributed by atoms with Crippen LogP contribution in [0.1, 0.15) is 56.7 Å². The van der Waals surface area contributed by atoms with Crippen molar-refractivity contribution in [3.63, 3.8) is 0 Å². The Morgan fingerprint density at radius 1 is 1.00 bits per heavy atom. The zero-order valence-corrected chi connectivity index (χ0v) is 14.3. The second-order valence-corrected chi connectivity index (χ2v) is 6.80. The number of fused-ring (bicyclic) bond motifs is 3. The third-order valence-corrected chi connectivity index (χ3v) is 5.22. The average molecular weight is 298 g/mol. The van der Waals surface area contributed by atoms with Gasteiger partial charge < -0.3 is 4.57 Å². The summed E-state index contributed by atoms with van der Waals surface area (Å²) in [7, 11) is 2.23. The predicted molar refractivity (Wildman–Crippen MR) is 95.3 cm³/mol. The molecular weight excluding hydrogens is 268 g/mol. The van der Waals surface area contributed by atoms with Crippen molar-refractivity contribution in [1.29, 1.82) is 0 Å². The maximum absolute atomic E-state index is 2.65. The van der Waals surface area contributed by atoms with E-state index in [-0.39, 0.29) is 0 Å². The normalized spacial score (nSPS) is 15.4. The summed E-state index contributed by atoms with van der Waals surface area (Å²) in [5.74, 6) is 0. The van der Waals surface area contributed by atoms with Crippen molar-refractivity contribution < 1.29 is 0 Å². The van der Waals surface area contributed by atoms with Crippen LogP contribution in [0.2, 0.25) is 0 Å². The number of aromatic nitrogens is 1. The van der Waals surface area contributed by atoms with Crippen LogP contribution in [-0.4, -0.2) is 22.6 Å². The average Bonchev–Trinajstić information content (AvgIpc) is 2.84. The molecule has 0 N–H and O–H groups in total. The van der Waals surface area contributed by atoms with Gasteiger partial charge >= 0.3 is 0 Å². The van der Waals surface area contributed by atoms with Crippen molar-refractivity contribution in [2.45, 2.75) is 58.4 Å². The number of hydrogen-bond acceptors (Lipinski definition) is 1. The molecule has 0 saturated heterocycles. The van der Waals surface area contributed by atoms with Crippen molar-refractivity contribution in [2.24, 2.45) is 7.05 Å². The second kappa shape index (κ2) is 7.32. The van der Waals surface area contributed by atoms with Crippen LogP contribution in [0.5, 0.6) is 0 Å². The van der Waals surface area contributed by atoms with Gasteiger partial charge in [0.2, 0.25) is 0 Å². The minimum Gasteiger partial charge on any atom is -0.346 e. The number of benzene rings is 1. The van der Waals surface area contributed by atoms with E-state index >= 15 is 0 Å². The molecule has 1 aliphatic rings. The van der Waals surface area contributed by atoms with Gasteiger partial charge in [0.1, 0.15) is 0 Å². The van der Waals surface area contributed by atoms with Crippen molar-refractivity contribution in [3.8, 4) is 0 Å². The first-order chi connectivity index (χ1) is 10.8. The van der Waals surface area contributed by atoms with E-state index in [1.54, 1.807) is 11.3 Å². The first-order valence-electron chi connectivity index (χ1n) is 9.08. The second-order valence-electron chi connectivity index (χ2n) is 6.80. The van der Waals surface area contributed by atoms with Crippen LogP contribution < -0.4 is 0 Å². The molecule has 2 heterocycles. The van der Waals surface area contributed by atoms with E-state index in [2.05, 4.69) is 47.7 Å². The summed E-state index contributed by atoms with van der Waals surface area (Å²) in [4.78, 5) is 2.65. The summed E-state index contributed by atoms with van der Waals surface area (Å²) < 4.78 is 2.41. The van der Waals surface area contributed by atoms with E-state index in [1.807, 2.05) is 0 Å². The maximum Gasteiger partial charge on any atom is 0.0483 e. The summed E-state index contributed by atoms with van der Waals surface area (Å²) in [6, 6.07) is 8.87. The van der Waals surface area contributed by atoms with Gasteiger partial charge in [-0.25, -0.2) is 0 Å². The van der Waals surface area contributed by atoms with Gasteiger partial charge in [-0.3, -0.25) is 4.90 Å². The monoisotopic (exact) mass is 298 g/mol. The molecule has 0 bridgehead atoms. The SMILES string of the molecule is CCCCCCCCN1CCc2c(n(C)c3ccccc23)C1. The summed E-state index contributed by atoms with van der Waals surface area (Å²) in [6.45, 7) is 5.92. The molecule has 1 aromatic heterocycles. The lowest BCUT2D eigenvalue weighted by atomic mass is 10.0. The molecule has 0 saturated carbocycles. The Morgan fingerprint density at radius 3 is 2.64 bits per heavy atom. The number of rotatable bonds is 7. The molecule has 0 atom stereocenters. The number of aryl methyl sites for hydroxylation is 1. The van der Waals surface area contributed by atoms with Crippen LogP contribution in [-0.2, 0) is 20.0 Å². The van der Waals surface area contributed by atoms with Crippen molar-refractivity contribution in [3.05, 3.63) is 35.5 Å². The number of nitrogens with zero attached hydrogens (tertiary/aromatic N) is 2. The highest BCUT2D eigenvalue weighted by molar-refractivity contribution is 5.85. The molecule has 0 unspecified atom stereocenters. The Kier molecular flexibility index (Phi) is 5.20. The standard InChI is InChI=1S/C20H30N2/c1-3-4-5-6-7-10-14-22-15-13-18-17-11-8-9-12-19(17)21(2)20(18)16-22/h8-9,11-12H,3-7,10,13-16H2,1-2H3. The lowest BCUT2D eigenvalue weighted by Gasteiger charge is -2.28. The van der Waals surface area contributed by atoms with Crippen LogP contribution >= 0.6 is 0 Å². The van der Waals surface area contributed by atoms with Crippen molar-refractivity contribution in [2.75, 3.05) is 13.1 Å². The lowest BCUT2D eigenvalue weighted by Crippen LogP contribution is -2.32. The van der Waals surface area contributed by atoms with Crippen molar-refractivity contribution in [1.82, 2.24) is 9.47 Å². The maximum atomic E-state index is 2.65. The van der Waals surface area contributed by atoms with E-state index < -0.39 is 0 Å². The molecule has 0 spiro atoms. The van der Waals surface area contributed by atoms with Gasteiger partial charge in [-0.2, -0.15) is 0 Å². The molecule has 2 heteroatoms. The summed E-state index contributed by atoms with van der Waals surface area (Å²) in [5, 5.41) is 1.47. The number of hydrogen-bond donors (Lipinski definition) is 0. The minimum atomic E-state index is 1.13. The van der Waals surface area contributed by atoms with Crippen molar-refractivity contribution >= 4 is 10.9 Å². The minimum absolute atomic E-state index is 1.13. The molecule has 1 aliphatic heterocycles. The van der Waals surface area contributed by atoms with Gasteiger partial charge in [-0.05, 0) is 31.0 Å². The third kappa shape index (κ3) is 3.22. The van der Waals surface area contributed by atoms with E-state index in [0.29, 0.717) is 0 Å². The Labute approximate surface area is 135 Å². The van der Waals surface area contributed by atoms with E-state index in [9.17, 15) is 0 Å². The predicted octanol–water partition coefficient (Wildman–Crippen LogP) is 4.90. The van der Waals surface area contributed by atoms with E-state index in [4.69, 9.17) is 0 Å². The molecule has 0 radical (unpaired) electrons. The largest absolute Gasteiger partial charge is 0.346 e. The molecule has 3 rings (SSSR count). The molecule has 22 heavy (non-hydrogen) atoms. The fraction of sp³-hybridized carbons (Fsp3) is 0.600. The summed E-state index contributed by atoms with van der Waals surface area (Å²) in [5.41, 5.74) is 4.53. The van der Waals surface area contributed by atoms with Crippen LogP contribution in [0, 0.1) is 0 Å². The van der Waals surface area contributed by atoms with Gasteiger partial charge in [-0.15, -0.1) is 0 Å². The van der Waals surface area contributed by atoms with Gasteiger partial charge in [0.25, 0.3) is 0 Å². The van der Waals surface area contributed by atoms with Crippen LogP contribution in [0.25, 0.3) is 10.9 Å². The van der Waals surface area contributed by atoms with Gasteiger partial charge in [0, 0.05) is 36.7 Å². The smallest absolute Gasteiger partial charge is 0.0483 e. The van der Waals surface area contributed by atoms with E-state index in [0.717, 1.165) is 6.54 Å². The van der Waals surface area contributed by atoms with Crippen LogP contribution in [0.15, 0.2) is 24.3 Å². The Bertz CT molecular complexity index is 611. The first-order valence-corrected chi connectivity index (χ1v) is 9.08. The molecule has 0 fully saturated rings.